The predicted octanol–water partition coefficient (Wildman–Crippen LogP) is 3.74. The van der Waals surface area contributed by atoms with Gasteiger partial charge < -0.3 is 30.0 Å². The maximum absolute atomic E-state index is 12.4. The van der Waals surface area contributed by atoms with E-state index in [-0.39, 0.29) is 16.9 Å². The molecule has 0 aliphatic carbocycles. The van der Waals surface area contributed by atoms with Gasteiger partial charge in [0, 0.05) is 85.0 Å². The number of nitrogens with zero attached hydrogens (tertiary/aromatic N) is 7. The Hall–Kier alpha value is -3.98. The number of halogens is 1. The summed E-state index contributed by atoms with van der Waals surface area (Å²) in [6.07, 6.45) is 11.6. The molecule has 2 fully saturated rings. The van der Waals surface area contributed by atoms with Crippen molar-refractivity contribution in [3.63, 3.8) is 0 Å². The fourth-order valence-corrected chi connectivity index (χ4v) is 8.50. The second-order valence-corrected chi connectivity index (χ2v) is 15.5. The number of fused-ring (bicyclic) bond motifs is 3. The minimum absolute atomic E-state index is 0.0154. The number of nitrogens with two attached hydrogens (primary N) is 1. The van der Waals surface area contributed by atoms with E-state index < -0.39 is 0 Å². The molecule has 0 atom stereocenters. The van der Waals surface area contributed by atoms with E-state index in [1.807, 2.05) is 39.5 Å². The average molecular weight is 756 g/mol. The molecule has 3 N–H and O–H groups in total. The highest BCUT2D eigenvalue weighted by Crippen LogP contribution is 2.31. The molecule has 2 saturated heterocycles. The third kappa shape index (κ3) is 9.40. The van der Waals surface area contributed by atoms with Crippen molar-refractivity contribution in [3.8, 4) is 0 Å². The number of nitrogens with one attached hydrogen (secondary N) is 1. The molecule has 8 heterocycles. The zero-order valence-corrected chi connectivity index (χ0v) is 31.4. The van der Waals surface area contributed by atoms with Gasteiger partial charge in [-0.3, -0.25) is 29.3 Å². The first-order chi connectivity index (χ1) is 25.8. The lowest BCUT2D eigenvalue weighted by Crippen LogP contribution is -2.43. The van der Waals surface area contributed by atoms with Crippen LogP contribution in [0.2, 0.25) is 5.02 Å². The Balaban J connectivity index is 0.000000186. The molecule has 278 valence electrons. The number of carbonyl (C=O) groups is 1. The predicted molar refractivity (Wildman–Crippen MR) is 211 cm³/mol. The van der Waals surface area contributed by atoms with Crippen LogP contribution in [0.3, 0.4) is 0 Å². The molecular formula is C39H46ClN9O3S. The molecule has 0 aromatic carbocycles. The number of aromatic nitrogens is 5. The van der Waals surface area contributed by atoms with Gasteiger partial charge in [0.05, 0.1) is 52.0 Å². The van der Waals surface area contributed by atoms with Crippen molar-refractivity contribution >= 4 is 51.0 Å². The highest BCUT2D eigenvalue weighted by atomic mass is 35.5. The number of ketones is 1. The molecule has 0 radical (unpaired) electrons. The van der Waals surface area contributed by atoms with Crippen molar-refractivity contribution in [1.29, 1.82) is 0 Å². The van der Waals surface area contributed by atoms with Gasteiger partial charge in [0.1, 0.15) is 5.78 Å². The lowest BCUT2D eigenvalue weighted by atomic mass is 10.0. The van der Waals surface area contributed by atoms with Crippen molar-refractivity contribution in [1.82, 2.24) is 39.2 Å². The van der Waals surface area contributed by atoms with E-state index in [0.29, 0.717) is 48.9 Å². The first-order valence-electron chi connectivity index (χ1n) is 18.4. The number of likely N-dealkylation sites (tertiary alicyclic amines) is 2. The third-order valence-corrected chi connectivity index (χ3v) is 11.9. The molecule has 5 aromatic heterocycles. The van der Waals surface area contributed by atoms with Crippen LogP contribution in [0.4, 0.5) is 0 Å². The lowest BCUT2D eigenvalue weighted by molar-refractivity contribution is -0.116. The molecule has 0 spiro atoms. The fourth-order valence-electron chi connectivity index (χ4n) is 7.31. The Bertz CT molecular complexity index is 2180. The Morgan fingerprint density at radius 3 is 1.92 bits per heavy atom. The minimum atomic E-state index is 0.0154. The van der Waals surface area contributed by atoms with Gasteiger partial charge in [0.15, 0.2) is 0 Å². The van der Waals surface area contributed by atoms with E-state index in [1.54, 1.807) is 36.9 Å². The summed E-state index contributed by atoms with van der Waals surface area (Å²) < 4.78 is 3.64. The Morgan fingerprint density at radius 1 is 0.774 bits per heavy atom. The van der Waals surface area contributed by atoms with Gasteiger partial charge in [0.2, 0.25) is 0 Å². The van der Waals surface area contributed by atoms with E-state index >= 15 is 0 Å². The first kappa shape index (κ1) is 37.3. The first-order valence-corrected chi connectivity index (χ1v) is 19.8. The van der Waals surface area contributed by atoms with Crippen molar-refractivity contribution in [2.45, 2.75) is 68.7 Å². The number of hydrogen-bond donors (Lipinski definition) is 2. The molecule has 0 unspecified atom stereocenters. The van der Waals surface area contributed by atoms with E-state index in [9.17, 15) is 14.4 Å². The SMILES string of the molecule is NC1CCN(CCn2c(=O)ccc3ccncc32)CC1.O=C1CSc2cc(Cl)c(CNC3CCN(CCn4c(=O)ccc5ccncc54)CC3)nc2C1. The number of Topliss-reactive ketones (excluding diaryl/α,β-unsaturated/α-hetero) is 1. The normalized spacial score (nSPS) is 17.5. The largest absolute Gasteiger partial charge is 0.328 e. The fraction of sp³-hybridized carbons (Fsp3) is 0.436. The van der Waals surface area contributed by atoms with Crippen LogP contribution in [-0.4, -0.2) is 96.8 Å². The van der Waals surface area contributed by atoms with Crippen LogP contribution in [0.25, 0.3) is 21.8 Å². The molecule has 3 aliphatic rings. The standard InChI is InChI=1S/C24H26ClN5O2S.C15H20N4O/c25-19-12-23-20(11-18(31)15-33-23)28-21(19)13-27-17-4-7-29(8-5-17)9-10-30-22-14-26-6-3-16(22)1-2-24(30)32;16-13-4-7-18(8-5-13)9-10-19-14-11-17-6-3-12(14)1-2-15(19)20/h1-3,6,12,14,17,27H,4-5,7-11,13,15H2;1-3,6,11,13H,4-5,7-10,16H2. The van der Waals surface area contributed by atoms with Crippen LogP contribution >= 0.6 is 23.4 Å². The highest BCUT2D eigenvalue weighted by molar-refractivity contribution is 8.00. The van der Waals surface area contributed by atoms with E-state index in [4.69, 9.17) is 17.3 Å². The number of pyridine rings is 5. The molecule has 12 nitrogen and oxygen atoms in total. The molecule has 5 aromatic rings. The molecule has 8 rings (SSSR count). The van der Waals surface area contributed by atoms with Gasteiger partial charge in [-0.25, -0.2) is 0 Å². The quantitative estimate of drug-likeness (QED) is 0.227. The second kappa shape index (κ2) is 17.4. The van der Waals surface area contributed by atoms with Gasteiger partial charge >= 0.3 is 0 Å². The van der Waals surface area contributed by atoms with Gasteiger partial charge in [-0.2, -0.15) is 0 Å². The monoisotopic (exact) mass is 755 g/mol. The van der Waals surface area contributed by atoms with E-state index in [2.05, 4.69) is 30.1 Å². The molecule has 14 heteroatoms. The molecule has 3 aliphatic heterocycles. The van der Waals surface area contributed by atoms with E-state index in [1.165, 1.54) is 11.8 Å². The van der Waals surface area contributed by atoms with Crippen LogP contribution in [0.5, 0.6) is 0 Å². The van der Waals surface area contributed by atoms with Crippen LogP contribution < -0.4 is 22.2 Å². The molecule has 0 amide bonds. The van der Waals surface area contributed by atoms with Gasteiger partial charge in [0.25, 0.3) is 11.1 Å². The van der Waals surface area contributed by atoms with Gasteiger partial charge in [-0.15, -0.1) is 11.8 Å². The smallest absolute Gasteiger partial charge is 0.251 e. The minimum Gasteiger partial charge on any atom is -0.328 e. The van der Waals surface area contributed by atoms with Crippen LogP contribution in [-0.2, 0) is 30.8 Å². The summed E-state index contributed by atoms with van der Waals surface area (Å²) in [6, 6.07) is 13.5. The molecular weight excluding hydrogens is 710 g/mol. The van der Waals surface area contributed by atoms with Gasteiger partial charge in [-0.1, -0.05) is 11.6 Å². The number of piperidine rings is 2. The zero-order valence-electron chi connectivity index (χ0n) is 29.8. The maximum atomic E-state index is 12.4. The van der Waals surface area contributed by atoms with E-state index in [0.717, 1.165) is 103 Å². The summed E-state index contributed by atoms with van der Waals surface area (Å²) in [4.78, 5) is 55.0. The topological polar surface area (TPSA) is 144 Å². The second-order valence-electron chi connectivity index (χ2n) is 14.1. The van der Waals surface area contributed by atoms with Crippen LogP contribution in [0.1, 0.15) is 37.1 Å². The van der Waals surface area contributed by atoms with Gasteiger partial charge in [-0.05, 0) is 82.2 Å². The molecule has 53 heavy (non-hydrogen) atoms. The zero-order chi connectivity index (χ0) is 36.7. The van der Waals surface area contributed by atoms with Crippen molar-refractivity contribution < 1.29 is 4.79 Å². The Morgan fingerprint density at radius 2 is 1.34 bits per heavy atom. The summed E-state index contributed by atoms with van der Waals surface area (Å²) in [7, 11) is 0. The molecule has 0 saturated carbocycles. The number of thioether (sulfide) groups is 1. The number of carbonyl (C=O) groups excluding carboxylic acids is 1. The van der Waals surface area contributed by atoms with Crippen molar-refractivity contribution in [3.05, 3.63) is 104 Å². The summed E-state index contributed by atoms with van der Waals surface area (Å²) in [5.41, 5.74) is 9.43. The number of hydrogen-bond acceptors (Lipinski definition) is 11. The van der Waals surface area contributed by atoms with Crippen molar-refractivity contribution in [2.75, 3.05) is 45.0 Å². The third-order valence-electron chi connectivity index (χ3n) is 10.5. The van der Waals surface area contributed by atoms with Crippen LogP contribution in [0, 0.1) is 0 Å². The summed E-state index contributed by atoms with van der Waals surface area (Å²) in [5, 5.41) is 6.35. The maximum Gasteiger partial charge on any atom is 0.251 e. The van der Waals surface area contributed by atoms with Crippen molar-refractivity contribution in [2.24, 2.45) is 5.73 Å². The summed E-state index contributed by atoms with van der Waals surface area (Å²) in [5.74, 6) is 0.725. The molecule has 0 bridgehead atoms. The Kier molecular flexibility index (Phi) is 12.3. The summed E-state index contributed by atoms with van der Waals surface area (Å²) in [6.45, 7) is 7.71. The lowest BCUT2D eigenvalue weighted by Gasteiger charge is -2.32. The van der Waals surface area contributed by atoms with Crippen LogP contribution in [0.15, 0.2) is 81.7 Å². The average Bonchev–Trinajstić information content (AvgIpc) is 3.18. The number of rotatable bonds is 9. The Labute approximate surface area is 317 Å². The summed E-state index contributed by atoms with van der Waals surface area (Å²) >= 11 is 7.97. The highest BCUT2D eigenvalue weighted by Gasteiger charge is 2.22.